The predicted molar refractivity (Wildman–Crippen MR) is 74.0 cm³/mol. The van der Waals surface area contributed by atoms with Crippen molar-refractivity contribution in [1.82, 2.24) is 4.90 Å². The Bertz CT molecular complexity index is 391. The molecule has 96 valence electrons. The predicted octanol–water partition coefficient (Wildman–Crippen LogP) is 3.91. The van der Waals surface area contributed by atoms with E-state index in [1.54, 1.807) is 0 Å². The summed E-state index contributed by atoms with van der Waals surface area (Å²) in [6.07, 6.45) is 6.21. The topological polar surface area (TPSA) is 27.0 Å². The van der Waals surface area contributed by atoms with Crippen LogP contribution >= 0.6 is 0 Å². The summed E-state index contributed by atoms with van der Waals surface area (Å²) in [5.74, 6) is 0. The molecule has 1 saturated heterocycles. The molecule has 0 aliphatic carbocycles. The Morgan fingerprint density at radius 2 is 2.11 bits per heavy atom. The summed E-state index contributed by atoms with van der Waals surface area (Å²) in [5, 5.41) is 9.53. The molecule has 0 saturated carbocycles. The average molecular weight is 242 g/mol. The van der Waals surface area contributed by atoms with Crippen molar-refractivity contribution in [3.8, 4) is 6.07 Å². The molecule has 0 N–H and O–H groups in total. The first-order valence-corrected chi connectivity index (χ1v) is 7.07. The minimum atomic E-state index is -0.0666. The van der Waals surface area contributed by atoms with Crippen LogP contribution in [-0.2, 0) is 0 Å². The van der Waals surface area contributed by atoms with Crippen molar-refractivity contribution in [3.63, 3.8) is 0 Å². The van der Waals surface area contributed by atoms with Crippen LogP contribution in [0.15, 0.2) is 30.3 Å². The van der Waals surface area contributed by atoms with Crippen molar-refractivity contribution in [2.75, 3.05) is 6.54 Å². The number of rotatable bonds is 4. The number of benzene rings is 1. The Hall–Kier alpha value is -1.33. The van der Waals surface area contributed by atoms with Gasteiger partial charge in [-0.1, -0.05) is 50.1 Å². The average Bonchev–Trinajstić information content (AvgIpc) is 2.43. The number of hydrogen-bond donors (Lipinski definition) is 0. The Labute approximate surface area is 110 Å². The summed E-state index contributed by atoms with van der Waals surface area (Å²) in [6, 6.07) is 13.2. The number of likely N-dealkylation sites (tertiary alicyclic amines) is 1. The van der Waals surface area contributed by atoms with Gasteiger partial charge in [0, 0.05) is 12.6 Å². The zero-order valence-corrected chi connectivity index (χ0v) is 11.2. The van der Waals surface area contributed by atoms with Crippen molar-refractivity contribution in [2.45, 2.75) is 51.1 Å². The first-order valence-electron chi connectivity index (χ1n) is 7.07. The zero-order chi connectivity index (χ0) is 12.8. The Kier molecular flexibility index (Phi) is 4.78. The van der Waals surface area contributed by atoms with E-state index >= 15 is 0 Å². The fourth-order valence-corrected chi connectivity index (χ4v) is 2.98. The molecule has 0 aromatic heterocycles. The van der Waals surface area contributed by atoms with Gasteiger partial charge in [-0.2, -0.15) is 5.26 Å². The molecule has 18 heavy (non-hydrogen) atoms. The van der Waals surface area contributed by atoms with Gasteiger partial charge in [-0.3, -0.25) is 4.90 Å². The van der Waals surface area contributed by atoms with E-state index in [9.17, 15) is 5.26 Å². The molecule has 1 aliphatic heterocycles. The molecule has 2 atom stereocenters. The molecule has 0 amide bonds. The highest BCUT2D eigenvalue weighted by Crippen LogP contribution is 2.30. The largest absolute Gasteiger partial charge is 0.281 e. The van der Waals surface area contributed by atoms with Crippen molar-refractivity contribution in [1.29, 1.82) is 5.26 Å². The van der Waals surface area contributed by atoms with Crippen LogP contribution in [0.4, 0.5) is 0 Å². The normalized spacial score (nSPS) is 22.3. The van der Waals surface area contributed by atoms with Crippen molar-refractivity contribution < 1.29 is 0 Å². The highest BCUT2D eigenvalue weighted by atomic mass is 15.2. The maximum absolute atomic E-state index is 9.53. The van der Waals surface area contributed by atoms with Crippen LogP contribution in [0.25, 0.3) is 0 Å². The third-order valence-electron chi connectivity index (χ3n) is 3.86. The van der Waals surface area contributed by atoms with E-state index in [1.165, 1.54) is 32.1 Å². The Morgan fingerprint density at radius 3 is 2.78 bits per heavy atom. The first-order chi connectivity index (χ1) is 8.86. The second-order valence-electron chi connectivity index (χ2n) is 5.12. The van der Waals surface area contributed by atoms with Gasteiger partial charge in [0.1, 0.15) is 6.04 Å². The number of nitrogens with zero attached hydrogens (tertiary/aromatic N) is 2. The molecule has 0 spiro atoms. The number of hydrogen-bond acceptors (Lipinski definition) is 2. The van der Waals surface area contributed by atoms with Crippen LogP contribution < -0.4 is 0 Å². The lowest BCUT2D eigenvalue weighted by atomic mass is 9.94. The van der Waals surface area contributed by atoms with E-state index in [4.69, 9.17) is 0 Å². The third-order valence-corrected chi connectivity index (χ3v) is 3.86. The van der Waals surface area contributed by atoms with Gasteiger partial charge < -0.3 is 0 Å². The molecule has 1 aromatic rings. The van der Waals surface area contributed by atoms with Gasteiger partial charge in [-0.05, 0) is 24.8 Å². The van der Waals surface area contributed by atoms with Gasteiger partial charge in [0.2, 0.25) is 0 Å². The molecule has 1 heterocycles. The lowest BCUT2D eigenvalue weighted by Crippen LogP contribution is -2.41. The molecule has 1 aromatic carbocycles. The van der Waals surface area contributed by atoms with E-state index in [0.29, 0.717) is 6.04 Å². The third kappa shape index (κ3) is 2.91. The molecule has 0 bridgehead atoms. The molecule has 0 radical (unpaired) electrons. The maximum Gasteiger partial charge on any atom is 0.124 e. The van der Waals surface area contributed by atoms with E-state index in [0.717, 1.165) is 12.1 Å². The Morgan fingerprint density at radius 1 is 1.33 bits per heavy atom. The van der Waals surface area contributed by atoms with Crippen LogP contribution in [0.1, 0.15) is 50.6 Å². The van der Waals surface area contributed by atoms with E-state index in [-0.39, 0.29) is 6.04 Å². The molecule has 2 nitrogen and oxygen atoms in total. The maximum atomic E-state index is 9.53. The zero-order valence-electron chi connectivity index (χ0n) is 11.2. The van der Waals surface area contributed by atoms with Crippen LogP contribution in [0, 0.1) is 11.3 Å². The van der Waals surface area contributed by atoms with Gasteiger partial charge in [0.25, 0.3) is 0 Å². The first kappa shape index (κ1) is 13.1. The fourth-order valence-electron chi connectivity index (χ4n) is 2.98. The quantitative estimate of drug-likeness (QED) is 0.800. The smallest absolute Gasteiger partial charge is 0.124 e. The summed E-state index contributed by atoms with van der Waals surface area (Å²) in [6.45, 7) is 3.30. The van der Waals surface area contributed by atoms with E-state index < -0.39 is 0 Å². The highest BCUT2D eigenvalue weighted by molar-refractivity contribution is 5.24. The van der Waals surface area contributed by atoms with Crippen LogP contribution in [0.5, 0.6) is 0 Å². The summed E-state index contributed by atoms with van der Waals surface area (Å²) < 4.78 is 0. The molecule has 1 aliphatic rings. The van der Waals surface area contributed by atoms with Crippen molar-refractivity contribution in [2.24, 2.45) is 0 Å². The minimum absolute atomic E-state index is 0.0666. The van der Waals surface area contributed by atoms with Crippen LogP contribution in [-0.4, -0.2) is 17.5 Å². The number of nitriles is 1. The molecular formula is C16H22N2. The van der Waals surface area contributed by atoms with Crippen molar-refractivity contribution >= 4 is 0 Å². The van der Waals surface area contributed by atoms with Gasteiger partial charge in [0.15, 0.2) is 0 Å². The molecule has 1 fully saturated rings. The SMILES string of the molecule is CCCC1CCCCN1C(C#N)c1ccccc1. The Balaban J connectivity index is 2.18. The summed E-state index contributed by atoms with van der Waals surface area (Å²) in [7, 11) is 0. The summed E-state index contributed by atoms with van der Waals surface area (Å²) >= 11 is 0. The number of piperidine rings is 1. The fraction of sp³-hybridized carbons (Fsp3) is 0.562. The molecule has 2 heteroatoms. The van der Waals surface area contributed by atoms with E-state index in [2.05, 4.69) is 30.0 Å². The standard InChI is InChI=1S/C16H22N2/c1-2-8-15-11-6-7-12-18(15)16(13-17)14-9-4-3-5-10-14/h3-5,9-10,15-16H,2,6-8,11-12H2,1H3. The summed E-state index contributed by atoms with van der Waals surface area (Å²) in [5.41, 5.74) is 1.14. The second-order valence-corrected chi connectivity index (χ2v) is 5.12. The van der Waals surface area contributed by atoms with Gasteiger partial charge in [-0.25, -0.2) is 0 Å². The molecule has 2 unspecified atom stereocenters. The molecular weight excluding hydrogens is 220 g/mol. The monoisotopic (exact) mass is 242 g/mol. The lowest BCUT2D eigenvalue weighted by Gasteiger charge is -2.38. The lowest BCUT2D eigenvalue weighted by molar-refractivity contribution is 0.112. The van der Waals surface area contributed by atoms with Crippen LogP contribution in [0.3, 0.4) is 0 Å². The van der Waals surface area contributed by atoms with E-state index in [1.807, 2.05) is 18.2 Å². The minimum Gasteiger partial charge on any atom is -0.281 e. The highest BCUT2D eigenvalue weighted by Gasteiger charge is 2.28. The van der Waals surface area contributed by atoms with Crippen LogP contribution in [0.2, 0.25) is 0 Å². The summed E-state index contributed by atoms with van der Waals surface area (Å²) in [4.78, 5) is 2.42. The molecule has 2 rings (SSSR count). The van der Waals surface area contributed by atoms with Gasteiger partial charge in [-0.15, -0.1) is 0 Å². The van der Waals surface area contributed by atoms with Crippen molar-refractivity contribution in [3.05, 3.63) is 35.9 Å². The second kappa shape index (κ2) is 6.56. The van der Waals surface area contributed by atoms with Gasteiger partial charge >= 0.3 is 0 Å². The van der Waals surface area contributed by atoms with Gasteiger partial charge in [0.05, 0.1) is 6.07 Å².